The minimum atomic E-state index is -4.75. The molecule has 0 radical (unpaired) electrons. The van der Waals surface area contributed by atoms with E-state index in [0.29, 0.717) is 12.0 Å². The zero-order chi connectivity index (χ0) is 18.6. The Morgan fingerprint density at radius 1 is 1.44 bits per heavy atom. The van der Waals surface area contributed by atoms with Crippen molar-refractivity contribution in [1.29, 1.82) is 0 Å². The number of allylic oxidation sites excluding steroid dienone is 2. The van der Waals surface area contributed by atoms with E-state index in [2.05, 4.69) is 15.0 Å². The fraction of sp³-hybridized carbons (Fsp3) is 0.412. The number of hydrogen-bond acceptors (Lipinski definition) is 4. The number of carbonyl (C=O) groups excluding carboxylic acids is 1. The number of nitrogens with zero attached hydrogens (tertiary/aromatic N) is 2. The minimum absolute atomic E-state index is 0.164. The van der Waals surface area contributed by atoms with E-state index < -0.39 is 12.7 Å². The maximum atomic E-state index is 12.4. The Hall–Kier alpha value is -2.51. The second kappa shape index (κ2) is 7.58. The standard InChI is InChI=1S/C17H20F3N3O2/c1-4-15(24)22-16-21-9-8-11(2)23(16)12(3)13-6-5-7-14(10-13)25-17(18,19)20/h5-10,12,16H,4H2,1-3H3,(H,22,24). The third-order valence-electron chi connectivity index (χ3n) is 3.82. The van der Waals surface area contributed by atoms with Crippen LogP contribution < -0.4 is 10.1 Å². The topological polar surface area (TPSA) is 53.9 Å². The monoisotopic (exact) mass is 355 g/mol. The van der Waals surface area contributed by atoms with Crippen molar-refractivity contribution in [3.63, 3.8) is 0 Å². The van der Waals surface area contributed by atoms with Gasteiger partial charge in [-0.2, -0.15) is 0 Å². The van der Waals surface area contributed by atoms with Crippen molar-refractivity contribution in [1.82, 2.24) is 10.2 Å². The Morgan fingerprint density at radius 2 is 2.16 bits per heavy atom. The molecule has 8 heteroatoms. The third-order valence-corrected chi connectivity index (χ3v) is 3.82. The fourth-order valence-electron chi connectivity index (χ4n) is 2.59. The Morgan fingerprint density at radius 3 is 2.80 bits per heavy atom. The van der Waals surface area contributed by atoms with Crippen molar-refractivity contribution in [3.05, 3.63) is 41.6 Å². The zero-order valence-electron chi connectivity index (χ0n) is 14.2. The molecule has 1 N–H and O–H groups in total. The van der Waals surface area contributed by atoms with Crippen molar-refractivity contribution < 1.29 is 22.7 Å². The minimum Gasteiger partial charge on any atom is -0.406 e. The molecule has 1 heterocycles. The van der Waals surface area contributed by atoms with Gasteiger partial charge in [0.25, 0.3) is 0 Å². The van der Waals surface area contributed by atoms with Gasteiger partial charge in [-0.3, -0.25) is 4.79 Å². The van der Waals surface area contributed by atoms with E-state index in [1.54, 1.807) is 25.3 Å². The van der Waals surface area contributed by atoms with Gasteiger partial charge in [0.15, 0.2) is 6.29 Å². The van der Waals surface area contributed by atoms with Gasteiger partial charge in [0.2, 0.25) is 5.91 Å². The highest BCUT2D eigenvalue weighted by Crippen LogP contribution is 2.31. The number of halogens is 3. The maximum absolute atomic E-state index is 12.4. The molecule has 1 aliphatic heterocycles. The lowest BCUT2D eigenvalue weighted by Crippen LogP contribution is -2.48. The summed E-state index contributed by atoms with van der Waals surface area (Å²) >= 11 is 0. The van der Waals surface area contributed by atoms with E-state index in [1.807, 2.05) is 18.7 Å². The van der Waals surface area contributed by atoms with E-state index >= 15 is 0 Å². The van der Waals surface area contributed by atoms with Gasteiger partial charge in [0, 0.05) is 18.3 Å². The number of amides is 1. The summed E-state index contributed by atoms with van der Waals surface area (Å²) in [5, 5.41) is 2.79. The molecule has 136 valence electrons. The number of aliphatic imine (C=N–C) groups is 1. The van der Waals surface area contributed by atoms with Gasteiger partial charge in [0.05, 0.1) is 6.04 Å². The molecule has 0 aromatic heterocycles. The highest BCUT2D eigenvalue weighted by Gasteiger charge is 2.32. The smallest absolute Gasteiger partial charge is 0.406 e. The highest BCUT2D eigenvalue weighted by atomic mass is 19.4. The van der Waals surface area contributed by atoms with Gasteiger partial charge in [0.1, 0.15) is 5.75 Å². The first-order valence-corrected chi connectivity index (χ1v) is 7.84. The zero-order valence-corrected chi connectivity index (χ0v) is 14.2. The van der Waals surface area contributed by atoms with Crippen molar-refractivity contribution in [3.8, 4) is 5.75 Å². The Kier molecular flexibility index (Phi) is 5.71. The molecule has 5 nitrogen and oxygen atoms in total. The summed E-state index contributed by atoms with van der Waals surface area (Å²) in [4.78, 5) is 17.8. The summed E-state index contributed by atoms with van der Waals surface area (Å²) in [5.74, 6) is -0.448. The van der Waals surface area contributed by atoms with E-state index in [-0.39, 0.29) is 17.7 Å². The van der Waals surface area contributed by atoms with Crippen LogP contribution in [0.3, 0.4) is 0 Å². The van der Waals surface area contributed by atoms with Crippen LogP contribution in [-0.2, 0) is 4.79 Å². The third kappa shape index (κ3) is 4.98. The summed E-state index contributed by atoms with van der Waals surface area (Å²) in [7, 11) is 0. The first-order valence-electron chi connectivity index (χ1n) is 7.84. The molecule has 0 bridgehead atoms. The SMILES string of the molecule is CCC(=O)NC1N=CC=C(C)N1C(C)c1cccc(OC(F)(F)F)c1. The van der Waals surface area contributed by atoms with Gasteiger partial charge in [-0.1, -0.05) is 19.1 Å². The number of rotatable bonds is 5. The van der Waals surface area contributed by atoms with Crippen LogP contribution in [0.4, 0.5) is 13.2 Å². The predicted octanol–water partition coefficient (Wildman–Crippen LogP) is 3.75. The number of alkyl halides is 3. The molecule has 0 saturated carbocycles. The van der Waals surface area contributed by atoms with Gasteiger partial charge in [-0.25, -0.2) is 4.99 Å². The number of nitrogens with one attached hydrogen (secondary N) is 1. The van der Waals surface area contributed by atoms with Gasteiger partial charge in [-0.05, 0) is 37.6 Å². The fourth-order valence-corrected chi connectivity index (χ4v) is 2.59. The molecule has 2 unspecified atom stereocenters. The predicted molar refractivity (Wildman–Crippen MR) is 87.8 cm³/mol. The molecular weight excluding hydrogens is 335 g/mol. The maximum Gasteiger partial charge on any atom is 0.573 e. The number of benzene rings is 1. The normalized spacial score (nSPS) is 18.6. The van der Waals surface area contributed by atoms with Crippen molar-refractivity contribution >= 4 is 12.1 Å². The van der Waals surface area contributed by atoms with Crippen LogP contribution in [0.25, 0.3) is 0 Å². The van der Waals surface area contributed by atoms with Crippen molar-refractivity contribution in [2.75, 3.05) is 0 Å². The number of ether oxygens (including phenoxy) is 1. The second-order valence-corrected chi connectivity index (χ2v) is 5.60. The van der Waals surface area contributed by atoms with E-state index in [4.69, 9.17) is 0 Å². The summed E-state index contributed by atoms with van der Waals surface area (Å²) in [6, 6.07) is 5.46. The summed E-state index contributed by atoms with van der Waals surface area (Å²) in [5.41, 5.74) is 1.45. The Balaban J connectivity index is 2.26. The quantitative estimate of drug-likeness (QED) is 0.875. The molecule has 0 spiro atoms. The molecule has 2 rings (SSSR count). The lowest BCUT2D eigenvalue weighted by Gasteiger charge is -2.38. The molecule has 0 saturated heterocycles. The Labute approximate surface area is 144 Å². The van der Waals surface area contributed by atoms with Crippen LogP contribution in [-0.4, -0.2) is 29.7 Å². The van der Waals surface area contributed by atoms with Crippen LogP contribution in [0, 0.1) is 0 Å². The molecule has 2 atom stereocenters. The van der Waals surface area contributed by atoms with Gasteiger partial charge >= 0.3 is 6.36 Å². The van der Waals surface area contributed by atoms with Crippen LogP contribution in [0.5, 0.6) is 5.75 Å². The summed E-state index contributed by atoms with van der Waals surface area (Å²) < 4.78 is 41.3. The molecule has 0 aliphatic carbocycles. The summed E-state index contributed by atoms with van der Waals surface area (Å²) in [6.07, 6.45) is -1.67. The highest BCUT2D eigenvalue weighted by molar-refractivity contribution is 5.77. The van der Waals surface area contributed by atoms with Crippen LogP contribution in [0.15, 0.2) is 41.0 Å². The van der Waals surface area contributed by atoms with Crippen molar-refractivity contribution in [2.45, 2.75) is 45.9 Å². The molecule has 25 heavy (non-hydrogen) atoms. The molecule has 0 fully saturated rings. The molecular formula is C17H20F3N3O2. The van der Waals surface area contributed by atoms with Crippen molar-refractivity contribution in [2.24, 2.45) is 4.99 Å². The van der Waals surface area contributed by atoms with Crippen LogP contribution >= 0.6 is 0 Å². The van der Waals surface area contributed by atoms with E-state index in [9.17, 15) is 18.0 Å². The molecule has 1 aromatic rings. The largest absolute Gasteiger partial charge is 0.573 e. The lowest BCUT2D eigenvalue weighted by molar-refractivity contribution is -0.274. The average Bonchev–Trinajstić information content (AvgIpc) is 2.53. The molecule has 1 aliphatic rings. The van der Waals surface area contributed by atoms with E-state index in [1.165, 1.54) is 18.2 Å². The number of carbonyl (C=O) groups is 1. The second-order valence-electron chi connectivity index (χ2n) is 5.60. The Bertz CT molecular complexity index is 686. The molecule has 1 aromatic carbocycles. The number of hydrogen-bond donors (Lipinski definition) is 1. The first-order chi connectivity index (χ1) is 11.7. The van der Waals surface area contributed by atoms with Crippen LogP contribution in [0.2, 0.25) is 0 Å². The first kappa shape index (κ1) is 18.8. The van der Waals surface area contributed by atoms with Gasteiger partial charge in [-0.15, -0.1) is 13.2 Å². The van der Waals surface area contributed by atoms with Crippen LogP contribution in [0.1, 0.15) is 38.8 Å². The summed E-state index contributed by atoms with van der Waals surface area (Å²) in [6.45, 7) is 5.41. The average molecular weight is 355 g/mol. The van der Waals surface area contributed by atoms with E-state index in [0.717, 1.165) is 5.70 Å². The van der Waals surface area contributed by atoms with Gasteiger partial charge < -0.3 is 15.0 Å². The lowest BCUT2D eigenvalue weighted by atomic mass is 10.1. The molecule has 1 amide bonds.